The molecule has 7 heteroatoms. The normalized spacial score (nSPS) is 16.6. The summed E-state index contributed by atoms with van der Waals surface area (Å²) in [5.41, 5.74) is 1.44. The van der Waals surface area contributed by atoms with Gasteiger partial charge in [0.05, 0.1) is 13.3 Å². The Morgan fingerprint density at radius 1 is 1.24 bits per heavy atom. The zero-order valence-corrected chi connectivity index (χ0v) is 16.7. The molecule has 1 saturated heterocycles. The summed E-state index contributed by atoms with van der Waals surface area (Å²) in [5.74, 6) is 2.62. The second kappa shape index (κ2) is 8.43. The van der Waals surface area contributed by atoms with Crippen LogP contribution in [0.1, 0.15) is 58.8 Å². The maximum absolute atomic E-state index is 13.1. The van der Waals surface area contributed by atoms with E-state index in [9.17, 15) is 4.79 Å². The third-order valence-corrected chi connectivity index (χ3v) is 5.17. The number of para-hydroxylation sites is 1. The second-order valence-electron chi connectivity index (χ2n) is 7.15. The van der Waals surface area contributed by atoms with E-state index in [1.165, 1.54) is 0 Å². The summed E-state index contributed by atoms with van der Waals surface area (Å²) in [6, 6.07) is 9.32. The van der Waals surface area contributed by atoms with Crippen LogP contribution in [0, 0.1) is 6.92 Å². The fraction of sp³-hybridized carbons (Fsp3) is 0.364. The van der Waals surface area contributed by atoms with E-state index >= 15 is 0 Å². The van der Waals surface area contributed by atoms with E-state index < -0.39 is 0 Å². The van der Waals surface area contributed by atoms with Crippen molar-refractivity contribution in [1.82, 2.24) is 19.9 Å². The minimum absolute atomic E-state index is 0.107. The Balaban J connectivity index is 1.55. The van der Waals surface area contributed by atoms with Crippen molar-refractivity contribution >= 4 is 5.91 Å². The van der Waals surface area contributed by atoms with Crippen LogP contribution < -0.4 is 4.74 Å². The van der Waals surface area contributed by atoms with Crippen molar-refractivity contribution in [1.29, 1.82) is 0 Å². The molecule has 0 unspecified atom stereocenters. The first kappa shape index (κ1) is 19.1. The number of piperidine rings is 1. The predicted molar refractivity (Wildman–Crippen MR) is 107 cm³/mol. The van der Waals surface area contributed by atoms with Gasteiger partial charge < -0.3 is 14.1 Å². The largest absolute Gasteiger partial charge is 0.496 e. The van der Waals surface area contributed by atoms with Gasteiger partial charge in [-0.2, -0.15) is 0 Å². The molecule has 4 rings (SSSR count). The Morgan fingerprint density at radius 3 is 2.93 bits per heavy atom. The third kappa shape index (κ3) is 4.13. The summed E-state index contributed by atoms with van der Waals surface area (Å²) in [6.45, 7) is 2.44. The van der Waals surface area contributed by atoms with E-state index in [1.54, 1.807) is 32.5 Å². The molecule has 0 bridgehead atoms. The van der Waals surface area contributed by atoms with Crippen LogP contribution in [-0.4, -0.2) is 39.4 Å². The molecule has 3 aromatic rings. The lowest BCUT2D eigenvalue weighted by atomic mass is 10.0. The Hall–Kier alpha value is -3.22. The Bertz CT molecular complexity index is 1000. The summed E-state index contributed by atoms with van der Waals surface area (Å²) < 4.78 is 11.5. The van der Waals surface area contributed by atoms with E-state index in [4.69, 9.17) is 9.15 Å². The number of nitrogens with zero attached hydrogens (tertiary/aromatic N) is 4. The molecule has 2 aromatic heterocycles. The molecule has 0 radical (unpaired) electrons. The van der Waals surface area contributed by atoms with Gasteiger partial charge in [-0.1, -0.05) is 18.2 Å². The van der Waals surface area contributed by atoms with Crippen LogP contribution in [0.15, 0.2) is 47.1 Å². The monoisotopic (exact) mass is 392 g/mol. The summed E-state index contributed by atoms with van der Waals surface area (Å²) in [7, 11) is 1.66. The zero-order valence-electron chi connectivity index (χ0n) is 16.7. The van der Waals surface area contributed by atoms with Crippen LogP contribution in [0.4, 0.5) is 0 Å². The molecule has 3 heterocycles. The molecule has 0 spiro atoms. The van der Waals surface area contributed by atoms with Gasteiger partial charge in [0.1, 0.15) is 29.1 Å². The molecule has 1 atom stereocenters. The highest BCUT2D eigenvalue weighted by Gasteiger charge is 2.32. The molecule has 1 aromatic carbocycles. The Labute approximate surface area is 169 Å². The van der Waals surface area contributed by atoms with E-state index in [-0.39, 0.29) is 11.9 Å². The first-order valence-corrected chi connectivity index (χ1v) is 9.83. The number of carbonyl (C=O) groups excluding carboxylic acids is 1. The minimum atomic E-state index is -0.182. The van der Waals surface area contributed by atoms with Crippen molar-refractivity contribution in [2.45, 2.75) is 38.6 Å². The quantitative estimate of drug-likeness (QED) is 0.658. The molecule has 150 valence electrons. The van der Waals surface area contributed by atoms with Gasteiger partial charge in [-0.15, -0.1) is 0 Å². The average Bonchev–Trinajstić information content (AvgIpc) is 3.22. The number of hydrogen-bond donors (Lipinski definition) is 0. The number of carbonyl (C=O) groups is 1. The van der Waals surface area contributed by atoms with E-state index in [0.29, 0.717) is 30.4 Å². The van der Waals surface area contributed by atoms with Gasteiger partial charge in [0.15, 0.2) is 0 Å². The smallest absolute Gasteiger partial charge is 0.273 e. The number of amides is 1. The molecule has 1 fully saturated rings. The van der Waals surface area contributed by atoms with Gasteiger partial charge in [-0.3, -0.25) is 4.79 Å². The summed E-state index contributed by atoms with van der Waals surface area (Å²) in [5, 5.41) is 0. The number of ether oxygens (including phenoxy) is 1. The number of benzene rings is 1. The number of hydrogen-bond acceptors (Lipinski definition) is 6. The number of oxazole rings is 1. The number of methoxy groups -OCH3 is 1. The highest BCUT2D eigenvalue weighted by atomic mass is 16.5. The van der Waals surface area contributed by atoms with Gasteiger partial charge in [0.2, 0.25) is 5.89 Å². The van der Waals surface area contributed by atoms with E-state index in [2.05, 4.69) is 15.0 Å². The molecule has 0 aliphatic carbocycles. The molecular weight excluding hydrogens is 368 g/mol. The fourth-order valence-electron chi connectivity index (χ4n) is 3.75. The highest BCUT2D eigenvalue weighted by molar-refractivity contribution is 5.92. The van der Waals surface area contributed by atoms with Crippen LogP contribution >= 0.6 is 0 Å². The molecule has 1 aliphatic heterocycles. The minimum Gasteiger partial charge on any atom is -0.496 e. The Kier molecular flexibility index (Phi) is 5.55. The maximum atomic E-state index is 13.1. The van der Waals surface area contributed by atoms with Crippen molar-refractivity contribution in [3.8, 4) is 5.75 Å². The third-order valence-electron chi connectivity index (χ3n) is 5.17. The van der Waals surface area contributed by atoms with Crippen molar-refractivity contribution in [3.63, 3.8) is 0 Å². The molecule has 7 nitrogen and oxygen atoms in total. The number of aryl methyl sites for hydroxylation is 1. The van der Waals surface area contributed by atoms with Gasteiger partial charge in [-0.05, 0) is 38.3 Å². The lowest BCUT2D eigenvalue weighted by Gasteiger charge is -2.33. The van der Waals surface area contributed by atoms with Crippen LogP contribution in [0.3, 0.4) is 0 Å². The van der Waals surface area contributed by atoms with Crippen molar-refractivity contribution in [2.24, 2.45) is 0 Å². The SMILES string of the molecule is COc1ccccc1Cc1cnc([C@@H]2CCCCN2C(=O)c2ccnc(C)n2)o1. The lowest BCUT2D eigenvalue weighted by molar-refractivity contribution is 0.0563. The van der Waals surface area contributed by atoms with Crippen molar-refractivity contribution in [2.75, 3.05) is 13.7 Å². The summed E-state index contributed by atoms with van der Waals surface area (Å²) in [4.78, 5) is 27.8. The van der Waals surface area contributed by atoms with Crippen molar-refractivity contribution in [3.05, 3.63) is 71.5 Å². The maximum Gasteiger partial charge on any atom is 0.273 e. The second-order valence-corrected chi connectivity index (χ2v) is 7.15. The lowest BCUT2D eigenvalue weighted by Crippen LogP contribution is -2.39. The van der Waals surface area contributed by atoms with Crippen LogP contribution in [0.25, 0.3) is 0 Å². The van der Waals surface area contributed by atoms with Gasteiger partial charge in [0.25, 0.3) is 5.91 Å². The molecule has 0 N–H and O–H groups in total. The topological polar surface area (TPSA) is 81.4 Å². The van der Waals surface area contributed by atoms with Gasteiger partial charge >= 0.3 is 0 Å². The zero-order chi connectivity index (χ0) is 20.2. The van der Waals surface area contributed by atoms with Crippen LogP contribution in [0.2, 0.25) is 0 Å². The molecule has 1 amide bonds. The molecule has 1 aliphatic rings. The first-order valence-electron chi connectivity index (χ1n) is 9.83. The summed E-state index contributed by atoms with van der Waals surface area (Å²) >= 11 is 0. The summed E-state index contributed by atoms with van der Waals surface area (Å²) in [6.07, 6.45) is 6.76. The number of likely N-dealkylation sites (tertiary alicyclic amines) is 1. The van der Waals surface area contributed by atoms with Crippen molar-refractivity contribution < 1.29 is 13.9 Å². The van der Waals surface area contributed by atoms with Crippen LogP contribution in [0.5, 0.6) is 5.75 Å². The van der Waals surface area contributed by atoms with E-state index in [0.717, 1.165) is 36.3 Å². The highest BCUT2D eigenvalue weighted by Crippen LogP contribution is 2.32. The first-order chi connectivity index (χ1) is 14.2. The van der Waals surface area contributed by atoms with E-state index in [1.807, 2.05) is 29.2 Å². The van der Waals surface area contributed by atoms with Gasteiger partial charge in [-0.25, -0.2) is 15.0 Å². The molecular formula is C22H24N4O3. The Morgan fingerprint density at radius 2 is 2.10 bits per heavy atom. The number of rotatable bonds is 5. The predicted octanol–water partition coefficient (Wildman–Crippen LogP) is 3.74. The van der Waals surface area contributed by atoms with Gasteiger partial charge in [0, 0.05) is 24.7 Å². The number of aromatic nitrogens is 3. The fourth-order valence-corrected chi connectivity index (χ4v) is 3.75. The molecule has 29 heavy (non-hydrogen) atoms. The van der Waals surface area contributed by atoms with Crippen LogP contribution in [-0.2, 0) is 6.42 Å². The average molecular weight is 392 g/mol. The molecule has 0 saturated carbocycles. The standard InChI is InChI=1S/C22H24N4O3/c1-15-23-11-10-18(25-15)22(27)26-12-6-5-8-19(26)21-24-14-17(29-21)13-16-7-3-4-9-20(16)28-2/h3-4,7,9-11,14,19H,5-6,8,12-13H2,1-2H3/t19-/m0/s1.